The molecule has 1 amide bonds. The van der Waals surface area contributed by atoms with Gasteiger partial charge >= 0.3 is 0 Å². The van der Waals surface area contributed by atoms with E-state index in [0.29, 0.717) is 5.56 Å². The van der Waals surface area contributed by atoms with Crippen LogP contribution in [0.3, 0.4) is 0 Å². The molecule has 100 valence electrons. The van der Waals surface area contributed by atoms with Crippen molar-refractivity contribution >= 4 is 5.91 Å². The summed E-state index contributed by atoms with van der Waals surface area (Å²) < 4.78 is 0. The molecule has 0 aliphatic carbocycles. The van der Waals surface area contributed by atoms with Gasteiger partial charge in [-0.25, -0.2) is 0 Å². The van der Waals surface area contributed by atoms with Gasteiger partial charge in [-0.3, -0.25) is 9.69 Å². The summed E-state index contributed by atoms with van der Waals surface area (Å²) in [5.41, 5.74) is 1.32. The van der Waals surface area contributed by atoms with Crippen molar-refractivity contribution < 1.29 is 4.79 Å². The Kier molecular flexibility index (Phi) is 3.59. The van der Waals surface area contributed by atoms with Crippen molar-refractivity contribution in [3.8, 4) is 6.07 Å². The second-order valence-corrected chi connectivity index (χ2v) is 5.52. The lowest BCUT2D eigenvalue weighted by atomic mass is 9.97. The van der Waals surface area contributed by atoms with Gasteiger partial charge in [0.15, 0.2) is 0 Å². The van der Waals surface area contributed by atoms with Gasteiger partial charge < -0.3 is 4.90 Å². The first-order valence-electron chi connectivity index (χ1n) is 6.45. The van der Waals surface area contributed by atoms with Crippen LogP contribution in [0.5, 0.6) is 0 Å². The molecule has 1 aromatic carbocycles. The molecule has 0 saturated carbocycles. The standard InChI is InChI=1S/C15H19N3O/c1-15(2)14(19)17(3)8-9-18(15)11-13-6-4-12(10-16)5-7-13/h4-7H,8-9,11H2,1-3H3. The number of rotatable bonds is 2. The summed E-state index contributed by atoms with van der Waals surface area (Å²) in [4.78, 5) is 16.2. The maximum atomic E-state index is 12.2. The Morgan fingerprint density at radius 2 is 1.89 bits per heavy atom. The van der Waals surface area contributed by atoms with Crippen LogP contribution in [-0.2, 0) is 11.3 Å². The summed E-state index contributed by atoms with van der Waals surface area (Å²) in [5.74, 6) is 0.160. The van der Waals surface area contributed by atoms with E-state index in [1.165, 1.54) is 0 Å². The van der Waals surface area contributed by atoms with Crippen LogP contribution in [0.15, 0.2) is 24.3 Å². The van der Waals surface area contributed by atoms with Crippen molar-refractivity contribution in [3.63, 3.8) is 0 Å². The predicted molar refractivity (Wildman–Crippen MR) is 73.3 cm³/mol. The van der Waals surface area contributed by atoms with Crippen molar-refractivity contribution in [1.29, 1.82) is 5.26 Å². The molecule has 1 aliphatic heterocycles. The zero-order chi connectivity index (χ0) is 14.0. The van der Waals surface area contributed by atoms with Gasteiger partial charge in [0, 0.05) is 26.7 Å². The van der Waals surface area contributed by atoms with Crippen molar-refractivity contribution in [2.45, 2.75) is 25.9 Å². The molecular weight excluding hydrogens is 238 g/mol. The molecule has 0 unspecified atom stereocenters. The highest BCUT2D eigenvalue weighted by atomic mass is 16.2. The minimum Gasteiger partial charge on any atom is -0.343 e. The van der Waals surface area contributed by atoms with Crippen molar-refractivity contribution in [3.05, 3.63) is 35.4 Å². The topological polar surface area (TPSA) is 47.3 Å². The molecule has 2 rings (SSSR count). The van der Waals surface area contributed by atoms with Crippen LogP contribution < -0.4 is 0 Å². The van der Waals surface area contributed by atoms with Gasteiger partial charge in [0.2, 0.25) is 5.91 Å². The van der Waals surface area contributed by atoms with Crippen LogP contribution in [0.1, 0.15) is 25.0 Å². The number of carbonyl (C=O) groups excluding carboxylic acids is 1. The first-order chi connectivity index (χ1) is 8.95. The molecule has 1 heterocycles. The fourth-order valence-corrected chi connectivity index (χ4v) is 2.44. The van der Waals surface area contributed by atoms with Gasteiger partial charge in [0.05, 0.1) is 17.2 Å². The van der Waals surface area contributed by atoms with E-state index in [9.17, 15) is 4.79 Å². The molecule has 4 nitrogen and oxygen atoms in total. The van der Waals surface area contributed by atoms with Gasteiger partial charge in [-0.15, -0.1) is 0 Å². The number of carbonyl (C=O) groups is 1. The number of hydrogen-bond donors (Lipinski definition) is 0. The smallest absolute Gasteiger partial charge is 0.242 e. The number of amides is 1. The zero-order valence-electron chi connectivity index (χ0n) is 11.7. The summed E-state index contributed by atoms with van der Waals surface area (Å²) in [6.45, 7) is 6.30. The molecule has 0 aromatic heterocycles. The molecule has 1 aliphatic rings. The third-order valence-electron chi connectivity index (χ3n) is 3.82. The van der Waals surface area contributed by atoms with Gasteiger partial charge in [-0.1, -0.05) is 12.1 Å². The third kappa shape index (κ3) is 2.61. The average molecular weight is 257 g/mol. The number of nitriles is 1. The molecule has 1 aromatic rings. The van der Waals surface area contributed by atoms with E-state index in [-0.39, 0.29) is 5.91 Å². The molecule has 0 bridgehead atoms. The Bertz CT molecular complexity index is 513. The van der Waals surface area contributed by atoms with E-state index in [1.54, 1.807) is 4.90 Å². The fourth-order valence-electron chi connectivity index (χ4n) is 2.44. The van der Waals surface area contributed by atoms with E-state index < -0.39 is 5.54 Å². The van der Waals surface area contributed by atoms with E-state index in [1.807, 2.05) is 45.2 Å². The molecule has 4 heteroatoms. The quantitative estimate of drug-likeness (QED) is 0.808. The second-order valence-electron chi connectivity index (χ2n) is 5.52. The van der Waals surface area contributed by atoms with E-state index in [4.69, 9.17) is 5.26 Å². The molecule has 0 radical (unpaired) electrons. The predicted octanol–water partition coefficient (Wildman–Crippen LogP) is 1.61. The first kappa shape index (κ1) is 13.6. The third-order valence-corrected chi connectivity index (χ3v) is 3.82. The number of nitrogens with zero attached hydrogens (tertiary/aromatic N) is 3. The number of likely N-dealkylation sites (N-methyl/N-ethyl adjacent to an activating group) is 1. The highest BCUT2D eigenvalue weighted by molar-refractivity contribution is 5.86. The average Bonchev–Trinajstić information content (AvgIpc) is 2.41. The van der Waals surface area contributed by atoms with Crippen molar-refractivity contribution in [2.75, 3.05) is 20.1 Å². The number of hydrogen-bond acceptors (Lipinski definition) is 3. The lowest BCUT2D eigenvalue weighted by molar-refractivity contribution is -0.147. The number of piperazine rings is 1. The SMILES string of the molecule is CN1CCN(Cc2ccc(C#N)cc2)C(C)(C)C1=O. The van der Waals surface area contributed by atoms with E-state index >= 15 is 0 Å². The highest BCUT2D eigenvalue weighted by Gasteiger charge is 2.40. The van der Waals surface area contributed by atoms with Gasteiger partial charge in [0.25, 0.3) is 0 Å². The Hall–Kier alpha value is -1.86. The Balaban J connectivity index is 2.14. The van der Waals surface area contributed by atoms with Gasteiger partial charge in [-0.05, 0) is 31.5 Å². The van der Waals surface area contributed by atoms with Crippen molar-refractivity contribution in [2.24, 2.45) is 0 Å². The monoisotopic (exact) mass is 257 g/mol. The van der Waals surface area contributed by atoms with Gasteiger partial charge in [-0.2, -0.15) is 5.26 Å². The summed E-state index contributed by atoms with van der Waals surface area (Å²) in [5, 5.41) is 8.79. The number of benzene rings is 1. The summed E-state index contributed by atoms with van der Waals surface area (Å²) >= 11 is 0. The highest BCUT2D eigenvalue weighted by Crippen LogP contribution is 2.23. The van der Waals surface area contributed by atoms with Crippen LogP contribution >= 0.6 is 0 Å². The molecule has 0 N–H and O–H groups in total. The normalized spacial score (nSPS) is 19.3. The minimum absolute atomic E-state index is 0.160. The van der Waals surface area contributed by atoms with Crippen LogP contribution in [0.25, 0.3) is 0 Å². The zero-order valence-corrected chi connectivity index (χ0v) is 11.7. The second kappa shape index (κ2) is 5.02. The van der Waals surface area contributed by atoms with Crippen molar-refractivity contribution in [1.82, 2.24) is 9.80 Å². The molecule has 0 spiro atoms. The first-order valence-corrected chi connectivity index (χ1v) is 6.45. The van der Waals surface area contributed by atoms with Crippen LogP contribution in [0.4, 0.5) is 0 Å². The van der Waals surface area contributed by atoms with Crippen LogP contribution in [0.2, 0.25) is 0 Å². The lowest BCUT2D eigenvalue weighted by Crippen LogP contribution is -2.61. The fraction of sp³-hybridized carbons (Fsp3) is 0.467. The van der Waals surface area contributed by atoms with Gasteiger partial charge in [0.1, 0.15) is 0 Å². The lowest BCUT2D eigenvalue weighted by Gasteiger charge is -2.44. The minimum atomic E-state index is -0.471. The Morgan fingerprint density at radius 3 is 2.47 bits per heavy atom. The molecule has 1 fully saturated rings. The molecule has 1 saturated heterocycles. The maximum absolute atomic E-state index is 12.2. The summed E-state index contributed by atoms with van der Waals surface area (Å²) in [6, 6.07) is 9.66. The maximum Gasteiger partial charge on any atom is 0.242 e. The molecule has 0 atom stereocenters. The molecule has 19 heavy (non-hydrogen) atoms. The Labute approximate surface area is 114 Å². The largest absolute Gasteiger partial charge is 0.343 e. The van der Waals surface area contributed by atoms with Crippen LogP contribution in [-0.4, -0.2) is 41.4 Å². The summed E-state index contributed by atoms with van der Waals surface area (Å²) in [6.07, 6.45) is 0. The van der Waals surface area contributed by atoms with E-state index in [0.717, 1.165) is 25.2 Å². The van der Waals surface area contributed by atoms with Crippen LogP contribution in [0, 0.1) is 11.3 Å². The summed E-state index contributed by atoms with van der Waals surface area (Å²) in [7, 11) is 1.85. The molecular formula is C15H19N3O. The Morgan fingerprint density at radius 1 is 1.26 bits per heavy atom. The van der Waals surface area contributed by atoms with E-state index in [2.05, 4.69) is 11.0 Å².